The zero-order valence-electron chi connectivity index (χ0n) is 22.8. The van der Waals surface area contributed by atoms with Crippen LogP contribution in [0.25, 0.3) is 11.1 Å². The molecule has 228 valence electrons. The van der Waals surface area contributed by atoms with Crippen LogP contribution in [0, 0.1) is 0 Å². The van der Waals surface area contributed by atoms with Crippen LogP contribution in [0.4, 0.5) is 19.1 Å². The molecule has 4 rings (SSSR count). The summed E-state index contributed by atoms with van der Waals surface area (Å²) in [6.45, 7) is 5.04. The number of nitrogens with two attached hydrogens (primary N) is 1. The molecule has 1 atom stereocenters. The summed E-state index contributed by atoms with van der Waals surface area (Å²) in [5, 5.41) is 11.7. The fourth-order valence-electron chi connectivity index (χ4n) is 4.27. The highest BCUT2D eigenvalue weighted by Crippen LogP contribution is 2.39. The smallest absolute Gasteiger partial charge is 0.475 e. The molecule has 0 amide bonds. The van der Waals surface area contributed by atoms with Crippen LogP contribution < -0.4 is 11.1 Å². The minimum absolute atomic E-state index is 0.183. The Labute approximate surface area is 251 Å². The molecule has 0 saturated heterocycles. The number of carboxylic acid groups (broad SMARTS) is 1. The van der Waals surface area contributed by atoms with Gasteiger partial charge >= 0.3 is 12.1 Å². The maximum absolute atomic E-state index is 10.6. The largest absolute Gasteiger partial charge is 0.490 e. The van der Waals surface area contributed by atoms with Gasteiger partial charge < -0.3 is 30.5 Å². The van der Waals surface area contributed by atoms with Gasteiger partial charge in [-0.05, 0) is 41.4 Å². The Morgan fingerprint density at radius 1 is 1.10 bits per heavy atom. The van der Waals surface area contributed by atoms with Gasteiger partial charge in [-0.25, -0.2) is 14.8 Å². The molecule has 42 heavy (non-hydrogen) atoms. The number of carbonyl (C=O) groups is 1. The summed E-state index contributed by atoms with van der Waals surface area (Å²) in [5.74, 6) is -2.00. The summed E-state index contributed by atoms with van der Waals surface area (Å²) in [6, 6.07) is 12.4. The minimum Gasteiger partial charge on any atom is -0.475 e. The normalized spacial score (nSPS) is 15.0. The van der Waals surface area contributed by atoms with Gasteiger partial charge in [0.15, 0.2) is 0 Å². The van der Waals surface area contributed by atoms with Crippen LogP contribution in [0.1, 0.15) is 22.6 Å². The summed E-state index contributed by atoms with van der Waals surface area (Å²) in [6.07, 6.45) is -1.41. The van der Waals surface area contributed by atoms with Gasteiger partial charge in [0.2, 0.25) is 5.95 Å². The van der Waals surface area contributed by atoms with E-state index in [1.54, 1.807) is 0 Å². The number of aliphatic carboxylic acids is 1. The summed E-state index contributed by atoms with van der Waals surface area (Å²) in [5.41, 5.74) is 11.0. The molecule has 14 heteroatoms. The van der Waals surface area contributed by atoms with E-state index in [9.17, 15) is 13.2 Å². The first-order chi connectivity index (χ1) is 20.0. The first-order valence-electron chi connectivity index (χ1n) is 13.0. The van der Waals surface area contributed by atoms with Gasteiger partial charge in [0.05, 0.1) is 26.4 Å². The summed E-state index contributed by atoms with van der Waals surface area (Å²) < 4.78 is 42.5. The minimum atomic E-state index is -5.08. The predicted molar refractivity (Wildman–Crippen MR) is 155 cm³/mol. The number of halogens is 5. The number of aromatic nitrogens is 2. The van der Waals surface area contributed by atoms with Gasteiger partial charge in [-0.1, -0.05) is 47.5 Å². The van der Waals surface area contributed by atoms with Gasteiger partial charge in [-0.3, -0.25) is 0 Å². The molecule has 1 aliphatic heterocycles. The standard InChI is InChI=1S/C26H31Cl2N5O2.C2HF3O2/c1-33-16-23(22-12-21(27)13-25(28)24(22)17-33)19-4-2-3-18(11-19)20-14-31-26(32-15-20)30-6-8-35-10-9-34-7-5-29;3-2(4,5)1(6)7/h2-4,11-15,23H,5-10,16-17,29H2,1H3,(H,30,31,32);(H,6,7)/t23-;/m0./s1. The first-order valence-corrected chi connectivity index (χ1v) is 13.7. The molecule has 1 aromatic heterocycles. The van der Waals surface area contributed by atoms with Gasteiger partial charge in [0.1, 0.15) is 0 Å². The molecular weight excluding hydrogens is 598 g/mol. The highest BCUT2D eigenvalue weighted by molar-refractivity contribution is 6.35. The molecule has 0 spiro atoms. The third-order valence-electron chi connectivity index (χ3n) is 6.17. The number of likely N-dealkylation sites (N-methyl/N-ethyl adjacent to an activating group) is 1. The van der Waals surface area contributed by atoms with Crippen LogP contribution >= 0.6 is 23.2 Å². The summed E-state index contributed by atoms with van der Waals surface area (Å²) in [7, 11) is 2.12. The molecule has 0 aliphatic carbocycles. The maximum Gasteiger partial charge on any atom is 0.490 e. The Morgan fingerprint density at radius 3 is 2.40 bits per heavy atom. The van der Waals surface area contributed by atoms with Crippen molar-refractivity contribution in [2.24, 2.45) is 5.73 Å². The fourth-order valence-corrected chi connectivity index (χ4v) is 4.84. The number of hydrogen-bond acceptors (Lipinski definition) is 8. The van der Waals surface area contributed by atoms with Crippen LogP contribution in [0.5, 0.6) is 0 Å². The fraction of sp³-hybridized carbons (Fsp3) is 0.393. The lowest BCUT2D eigenvalue weighted by molar-refractivity contribution is -0.192. The first kappa shape index (κ1) is 33.5. The average Bonchev–Trinajstić information content (AvgIpc) is 2.95. The molecule has 1 aliphatic rings. The van der Waals surface area contributed by atoms with E-state index < -0.39 is 12.1 Å². The average molecular weight is 630 g/mol. The van der Waals surface area contributed by atoms with Crippen molar-refractivity contribution in [1.29, 1.82) is 0 Å². The molecule has 0 bridgehead atoms. The zero-order chi connectivity index (χ0) is 30.7. The third kappa shape index (κ3) is 10.1. The van der Waals surface area contributed by atoms with E-state index >= 15 is 0 Å². The number of carboxylic acids is 1. The van der Waals surface area contributed by atoms with E-state index in [4.69, 9.17) is 48.3 Å². The molecule has 2 aromatic carbocycles. The monoisotopic (exact) mass is 629 g/mol. The lowest BCUT2D eigenvalue weighted by Crippen LogP contribution is -2.31. The number of hydrogen-bond donors (Lipinski definition) is 3. The number of nitrogens with zero attached hydrogens (tertiary/aromatic N) is 3. The predicted octanol–water partition coefficient (Wildman–Crippen LogP) is 5.06. The Hall–Kier alpha value is -3.00. The Kier molecular flexibility index (Phi) is 12.8. The van der Waals surface area contributed by atoms with Crippen LogP contribution in [-0.2, 0) is 20.8 Å². The van der Waals surface area contributed by atoms with Crippen molar-refractivity contribution < 1.29 is 32.5 Å². The topological polar surface area (TPSA) is 123 Å². The van der Waals surface area contributed by atoms with E-state index in [1.165, 1.54) is 11.1 Å². The van der Waals surface area contributed by atoms with Gasteiger partial charge in [0, 0.05) is 60.1 Å². The summed E-state index contributed by atoms with van der Waals surface area (Å²) >= 11 is 12.9. The van der Waals surface area contributed by atoms with E-state index in [-0.39, 0.29) is 5.92 Å². The van der Waals surface area contributed by atoms with Crippen molar-refractivity contribution in [3.8, 4) is 11.1 Å². The third-order valence-corrected chi connectivity index (χ3v) is 6.73. The zero-order valence-corrected chi connectivity index (χ0v) is 24.3. The van der Waals surface area contributed by atoms with Crippen molar-refractivity contribution >= 4 is 35.1 Å². The Balaban J connectivity index is 0.000000616. The Morgan fingerprint density at radius 2 is 1.76 bits per heavy atom. The van der Waals surface area contributed by atoms with Crippen molar-refractivity contribution in [3.63, 3.8) is 0 Å². The van der Waals surface area contributed by atoms with Crippen LogP contribution in [0.3, 0.4) is 0 Å². The van der Waals surface area contributed by atoms with E-state index in [0.717, 1.165) is 34.8 Å². The van der Waals surface area contributed by atoms with Crippen molar-refractivity contribution in [2.45, 2.75) is 18.6 Å². The van der Waals surface area contributed by atoms with Crippen LogP contribution in [0.15, 0.2) is 48.8 Å². The van der Waals surface area contributed by atoms with Gasteiger partial charge in [-0.15, -0.1) is 0 Å². The maximum atomic E-state index is 10.6. The highest BCUT2D eigenvalue weighted by Gasteiger charge is 2.38. The number of anilines is 1. The number of nitrogens with one attached hydrogen (secondary N) is 1. The van der Waals surface area contributed by atoms with Crippen molar-refractivity contribution in [3.05, 3.63) is 75.5 Å². The van der Waals surface area contributed by atoms with Crippen LogP contribution in [-0.4, -0.2) is 85.2 Å². The van der Waals surface area contributed by atoms with Gasteiger partial charge in [-0.2, -0.15) is 13.2 Å². The van der Waals surface area contributed by atoms with E-state index in [1.807, 2.05) is 24.5 Å². The lowest BCUT2D eigenvalue weighted by Gasteiger charge is -2.33. The highest BCUT2D eigenvalue weighted by atomic mass is 35.5. The Bertz CT molecular complexity index is 1320. The van der Waals surface area contributed by atoms with Gasteiger partial charge in [0.25, 0.3) is 0 Å². The molecule has 2 heterocycles. The molecule has 0 radical (unpaired) electrons. The second-order valence-electron chi connectivity index (χ2n) is 9.37. The quantitative estimate of drug-likeness (QED) is 0.250. The second-order valence-corrected chi connectivity index (χ2v) is 10.2. The molecule has 0 saturated carbocycles. The number of fused-ring (bicyclic) bond motifs is 1. The van der Waals surface area contributed by atoms with E-state index in [2.05, 4.69) is 51.5 Å². The van der Waals surface area contributed by atoms with Crippen LogP contribution in [0.2, 0.25) is 10.0 Å². The molecule has 4 N–H and O–H groups in total. The molecule has 3 aromatic rings. The summed E-state index contributed by atoms with van der Waals surface area (Å²) in [4.78, 5) is 20.1. The number of alkyl halides is 3. The number of rotatable bonds is 11. The number of ether oxygens (including phenoxy) is 2. The molecule has 0 unspecified atom stereocenters. The number of benzene rings is 2. The van der Waals surface area contributed by atoms with Crippen molar-refractivity contribution in [2.75, 3.05) is 58.4 Å². The molecule has 0 fully saturated rings. The second kappa shape index (κ2) is 16.0. The molecular formula is C28H32Cl2F3N5O4. The van der Waals surface area contributed by atoms with Crippen molar-refractivity contribution in [1.82, 2.24) is 14.9 Å². The molecule has 9 nitrogen and oxygen atoms in total. The van der Waals surface area contributed by atoms with E-state index in [0.29, 0.717) is 50.5 Å². The SMILES string of the molecule is CN1Cc2c(Cl)cc(Cl)cc2[C@H](c2cccc(-c3cnc(NCCOCCOCCN)nc3)c2)C1.O=C(O)C(F)(F)F. The lowest BCUT2D eigenvalue weighted by atomic mass is 9.84.